The molecule has 0 fully saturated rings. The van der Waals surface area contributed by atoms with Gasteiger partial charge >= 0.3 is 5.97 Å². The van der Waals surface area contributed by atoms with Gasteiger partial charge in [-0.15, -0.1) is 12.6 Å². The second-order valence-electron chi connectivity index (χ2n) is 8.00. The second kappa shape index (κ2) is 11.3. The Balaban J connectivity index is 0.000000231. The Morgan fingerprint density at radius 3 is 2.67 bits per heavy atom. The number of carbonyl (C=O) groups is 1. The molecule has 0 amide bonds. The number of aromatic nitrogens is 1. The van der Waals surface area contributed by atoms with Gasteiger partial charge in [0, 0.05) is 35.9 Å². The molecule has 6 nitrogen and oxygen atoms in total. The predicted octanol–water partition coefficient (Wildman–Crippen LogP) is 5.31. The molecule has 1 aliphatic rings. The summed E-state index contributed by atoms with van der Waals surface area (Å²) < 4.78 is 23.8. The van der Waals surface area contributed by atoms with Crippen molar-refractivity contribution in [3.8, 4) is 0 Å². The number of pyridine rings is 1. The van der Waals surface area contributed by atoms with E-state index < -0.39 is 15.8 Å². The highest BCUT2D eigenvalue weighted by atomic mass is 32.2. The van der Waals surface area contributed by atoms with E-state index in [0.717, 1.165) is 17.7 Å². The van der Waals surface area contributed by atoms with Crippen molar-refractivity contribution in [2.75, 3.05) is 18.1 Å². The molecule has 8 heteroatoms. The number of sulfone groups is 1. The summed E-state index contributed by atoms with van der Waals surface area (Å²) in [5, 5.41) is 14.5. The maximum Gasteiger partial charge on any atom is 0.303 e. The number of nitrogens with zero attached hydrogens (tertiary/aromatic N) is 1. The van der Waals surface area contributed by atoms with Gasteiger partial charge in [-0.2, -0.15) is 0 Å². The maximum atomic E-state index is 11.9. The van der Waals surface area contributed by atoms with Crippen LogP contribution in [0.3, 0.4) is 0 Å². The van der Waals surface area contributed by atoms with Gasteiger partial charge in [-0.1, -0.05) is 42.5 Å². The maximum absolute atomic E-state index is 11.9. The van der Waals surface area contributed by atoms with E-state index in [1.165, 1.54) is 29.3 Å². The molecular weight excluding hydrogens is 456 g/mol. The molecule has 0 spiro atoms. The summed E-state index contributed by atoms with van der Waals surface area (Å²) >= 11 is 4.26. The zero-order valence-corrected chi connectivity index (χ0v) is 20.1. The van der Waals surface area contributed by atoms with Gasteiger partial charge in [0.25, 0.3) is 0 Å². The number of hydrogen-bond acceptors (Lipinski definition) is 6. The van der Waals surface area contributed by atoms with Gasteiger partial charge in [-0.05, 0) is 54.2 Å². The molecule has 2 aromatic carbocycles. The van der Waals surface area contributed by atoms with Gasteiger partial charge in [0.15, 0.2) is 9.84 Å². The first-order valence-corrected chi connectivity index (χ1v) is 13.1. The second-order valence-corrected chi connectivity index (χ2v) is 10.5. The van der Waals surface area contributed by atoms with Gasteiger partial charge in [0.1, 0.15) is 5.82 Å². The molecule has 0 bridgehead atoms. The van der Waals surface area contributed by atoms with Crippen molar-refractivity contribution in [1.29, 1.82) is 0 Å². The number of aliphatic carboxylic acids is 1. The van der Waals surface area contributed by atoms with E-state index in [4.69, 9.17) is 5.11 Å². The van der Waals surface area contributed by atoms with E-state index in [2.05, 4.69) is 47.2 Å². The van der Waals surface area contributed by atoms with Crippen LogP contribution in [0.25, 0.3) is 16.8 Å². The van der Waals surface area contributed by atoms with Gasteiger partial charge in [0.05, 0.1) is 4.90 Å². The van der Waals surface area contributed by atoms with Crippen LogP contribution in [0.2, 0.25) is 0 Å². The fourth-order valence-electron chi connectivity index (χ4n) is 3.71. The fraction of sp³-hybridized carbons (Fsp3) is 0.280. The number of carboxylic acids is 1. The lowest BCUT2D eigenvalue weighted by molar-refractivity contribution is -0.137. The van der Waals surface area contributed by atoms with Crippen molar-refractivity contribution in [1.82, 2.24) is 4.98 Å². The van der Waals surface area contributed by atoms with Gasteiger partial charge < -0.3 is 10.4 Å². The first kappa shape index (κ1) is 24.8. The molecule has 1 aliphatic heterocycles. The average molecular weight is 485 g/mol. The molecule has 174 valence electrons. The molecule has 1 atom stereocenters. The fourth-order valence-corrected chi connectivity index (χ4v) is 4.79. The van der Waals surface area contributed by atoms with Gasteiger partial charge in [-0.25, -0.2) is 13.4 Å². The van der Waals surface area contributed by atoms with Crippen molar-refractivity contribution in [2.24, 2.45) is 5.92 Å². The molecule has 2 N–H and O–H groups in total. The lowest BCUT2D eigenvalue weighted by atomic mass is 9.96. The monoisotopic (exact) mass is 484 g/mol. The molecule has 0 aliphatic carbocycles. The van der Waals surface area contributed by atoms with Crippen LogP contribution in [0.15, 0.2) is 70.6 Å². The summed E-state index contributed by atoms with van der Waals surface area (Å²) in [6.07, 6.45) is 8.71. The van der Waals surface area contributed by atoms with Crippen LogP contribution in [0.1, 0.15) is 31.2 Å². The Labute approximate surface area is 200 Å². The van der Waals surface area contributed by atoms with E-state index in [1.807, 2.05) is 24.3 Å². The standard InChI is InChI=1S/C15H20N2O4S.C10H8S/c1-22(20,21)13-8-10-17-15-12(13)6-4-11(3-2-9-16-15)5-7-14(18)19;11-10-6-5-8-3-1-2-4-9(8)7-10/h4,6,8,10-11H,2-3,5,7,9H2,1H3,(H,16,17)(H,18,19);1-7,11H/b6-4+;. The number of allylic oxidation sites excluding steroid dienone is 1. The minimum atomic E-state index is -3.35. The third kappa shape index (κ3) is 7.33. The highest BCUT2D eigenvalue weighted by Crippen LogP contribution is 2.27. The van der Waals surface area contributed by atoms with Crippen LogP contribution in [0, 0.1) is 5.92 Å². The molecule has 0 radical (unpaired) electrons. The SMILES string of the molecule is CS(=O)(=O)c1ccnc2c1/C=C/C(CCC(=O)O)CCCN2.Sc1ccc2ccccc2c1. The Hall–Kier alpha value is -2.84. The van der Waals surface area contributed by atoms with Crippen LogP contribution in [-0.4, -0.2) is 37.3 Å². The third-order valence-electron chi connectivity index (χ3n) is 5.39. The van der Waals surface area contributed by atoms with Crippen LogP contribution < -0.4 is 5.32 Å². The molecule has 1 unspecified atom stereocenters. The molecule has 0 saturated carbocycles. The van der Waals surface area contributed by atoms with E-state index in [1.54, 1.807) is 6.08 Å². The Morgan fingerprint density at radius 1 is 1.18 bits per heavy atom. The average Bonchev–Trinajstić information content (AvgIpc) is 2.87. The Morgan fingerprint density at radius 2 is 1.94 bits per heavy atom. The molecular formula is C25H28N2O4S2. The summed E-state index contributed by atoms with van der Waals surface area (Å²) in [5.74, 6) is -0.139. The van der Waals surface area contributed by atoms with Crippen LogP contribution >= 0.6 is 12.6 Å². The Bertz CT molecular complexity index is 1260. The number of thiol groups is 1. The van der Waals surface area contributed by atoms with Crippen LogP contribution in [-0.2, 0) is 14.6 Å². The normalized spacial score (nSPS) is 16.7. The summed E-state index contributed by atoms with van der Waals surface area (Å²) in [5.41, 5.74) is 0.548. The summed E-state index contributed by atoms with van der Waals surface area (Å²) in [6, 6.07) is 15.9. The van der Waals surface area contributed by atoms with E-state index in [-0.39, 0.29) is 17.2 Å². The topological polar surface area (TPSA) is 96.4 Å². The zero-order chi connectivity index (χ0) is 23.8. The lowest BCUT2D eigenvalue weighted by Gasteiger charge is -2.10. The smallest absolute Gasteiger partial charge is 0.303 e. The predicted molar refractivity (Wildman–Crippen MR) is 136 cm³/mol. The van der Waals surface area contributed by atoms with Gasteiger partial charge in [0.2, 0.25) is 0 Å². The van der Waals surface area contributed by atoms with E-state index in [9.17, 15) is 13.2 Å². The number of benzene rings is 2. The number of nitrogens with one attached hydrogen (secondary N) is 1. The largest absolute Gasteiger partial charge is 0.481 e. The minimum Gasteiger partial charge on any atom is -0.481 e. The highest BCUT2D eigenvalue weighted by Gasteiger charge is 2.18. The van der Waals surface area contributed by atoms with Gasteiger partial charge in [-0.3, -0.25) is 4.79 Å². The van der Waals surface area contributed by atoms with Crippen LogP contribution in [0.4, 0.5) is 5.82 Å². The number of hydrogen-bond donors (Lipinski definition) is 3. The van der Waals surface area contributed by atoms with Crippen molar-refractivity contribution in [3.05, 3.63) is 66.4 Å². The molecule has 4 rings (SSSR count). The van der Waals surface area contributed by atoms with E-state index >= 15 is 0 Å². The van der Waals surface area contributed by atoms with Crippen molar-refractivity contribution in [3.63, 3.8) is 0 Å². The van der Waals surface area contributed by atoms with Crippen molar-refractivity contribution < 1.29 is 18.3 Å². The van der Waals surface area contributed by atoms with E-state index in [0.29, 0.717) is 24.3 Å². The highest BCUT2D eigenvalue weighted by molar-refractivity contribution is 7.90. The summed E-state index contributed by atoms with van der Waals surface area (Å²) in [7, 11) is -3.35. The van der Waals surface area contributed by atoms with Crippen molar-refractivity contribution >= 4 is 51.1 Å². The first-order valence-electron chi connectivity index (χ1n) is 10.7. The lowest BCUT2D eigenvalue weighted by Crippen LogP contribution is -2.08. The molecule has 2 heterocycles. The quantitative estimate of drug-likeness (QED) is 0.434. The molecule has 0 saturated heterocycles. The number of anilines is 1. The summed E-state index contributed by atoms with van der Waals surface area (Å²) in [4.78, 5) is 16.2. The molecule has 1 aromatic heterocycles. The van der Waals surface area contributed by atoms with Crippen molar-refractivity contribution in [2.45, 2.75) is 35.5 Å². The molecule has 3 aromatic rings. The first-order chi connectivity index (χ1) is 15.7. The Kier molecular flexibility index (Phi) is 8.52. The third-order valence-corrected chi connectivity index (χ3v) is 6.82. The minimum absolute atomic E-state index is 0.112. The number of rotatable bonds is 4. The number of fused-ring (bicyclic) bond motifs is 2. The summed E-state index contributed by atoms with van der Waals surface area (Å²) in [6.45, 7) is 0.679. The number of carboxylic acid groups (broad SMARTS) is 1. The zero-order valence-electron chi connectivity index (χ0n) is 18.4. The van der Waals surface area contributed by atoms with Crippen LogP contribution in [0.5, 0.6) is 0 Å². The molecule has 33 heavy (non-hydrogen) atoms.